The zero-order valence-corrected chi connectivity index (χ0v) is 18.7. The van der Waals surface area contributed by atoms with Crippen molar-refractivity contribution in [3.05, 3.63) is 71.7 Å². The molecule has 6 nitrogen and oxygen atoms in total. The number of rotatable bonds is 5. The van der Waals surface area contributed by atoms with Gasteiger partial charge in [0, 0.05) is 56.4 Å². The highest BCUT2D eigenvalue weighted by molar-refractivity contribution is 5.95. The molecule has 4 heterocycles. The fourth-order valence-electron chi connectivity index (χ4n) is 5.08. The lowest BCUT2D eigenvalue weighted by Crippen LogP contribution is -2.37. The molecule has 168 valence electrons. The van der Waals surface area contributed by atoms with Crippen LogP contribution in [0.5, 0.6) is 0 Å². The molecule has 3 aromatic rings. The summed E-state index contributed by atoms with van der Waals surface area (Å²) in [7, 11) is 0. The van der Waals surface area contributed by atoms with Crippen molar-refractivity contribution in [1.82, 2.24) is 19.2 Å². The van der Waals surface area contributed by atoms with E-state index in [0.29, 0.717) is 5.92 Å². The number of carbonyl (C=O) groups is 1. The highest BCUT2D eigenvalue weighted by Crippen LogP contribution is 2.24. The number of nitrogens with zero attached hydrogens (tertiary/aromatic N) is 4. The summed E-state index contributed by atoms with van der Waals surface area (Å²) < 4.78 is 7.66. The van der Waals surface area contributed by atoms with E-state index in [1.165, 1.54) is 5.69 Å². The van der Waals surface area contributed by atoms with E-state index >= 15 is 0 Å². The minimum atomic E-state index is 0.186. The fraction of sp³-hybridized carbons (Fsp3) is 0.462. The first kappa shape index (κ1) is 21.2. The summed E-state index contributed by atoms with van der Waals surface area (Å²) in [5.41, 5.74) is 4.30. The molecule has 2 saturated heterocycles. The maximum absolute atomic E-state index is 13.5. The van der Waals surface area contributed by atoms with Crippen molar-refractivity contribution >= 4 is 11.6 Å². The number of pyridine rings is 1. The average Bonchev–Trinajstić information content (AvgIpc) is 3.20. The Morgan fingerprint density at radius 3 is 2.78 bits per heavy atom. The maximum Gasteiger partial charge on any atom is 0.254 e. The molecule has 1 unspecified atom stereocenters. The number of carbonyl (C=O) groups excluding carboxylic acids is 1. The Bertz CT molecular complexity index is 1060. The summed E-state index contributed by atoms with van der Waals surface area (Å²) in [4.78, 5) is 22.4. The van der Waals surface area contributed by atoms with E-state index in [4.69, 9.17) is 4.74 Å². The molecule has 1 atom stereocenters. The van der Waals surface area contributed by atoms with Gasteiger partial charge in [0.2, 0.25) is 0 Å². The zero-order valence-electron chi connectivity index (χ0n) is 18.7. The van der Waals surface area contributed by atoms with E-state index < -0.39 is 0 Å². The van der Waals surface area contributed by atoms with Crippen molar-refractivity contribution in [1.29, 1.82) is 0 Å². The Labute approximate surface area is 189 Å². The summed E-state index contributed by atoms with van der Waals surface area (Å²) in [6, 6.07) is 14.5. The second-order valence-corrected chi connectivity index (χ2v) is 9.01. The standard InChI is InChI=1S/C26H32N4O2/c31-26(24-8-2-1-6-22(24)20-28-15-17-32-18-16-28)29-12-4-5-21(10-13-29)19-23-7-3-9-25-27-11-14-30(23)25/h1-3,6-9,11,14,21H,4-5,10,12-13,15-20H2. The molecular formula is C26H32N4O2. The second-order valence-electron chi connectivity index (χ2n) is 9.01. The third-order valence-electron chi connectivity index (χ3n) is 6.89. The lowest BCUT2D eigenvalue weighted by molar-refractivity contribution is 0.0340. The van der Waals surface area contributed by atoms with E-state index in [9.17, 15) is 4.79 Å². The molecule has 0 radical (unpaired) electrons. The van der Waals surface area contributed by atoms with Gasteiger partial charge in [-0.3, -0.25) is 9.69 Å². The highest BCUT2D eigenvalue weighted by atomic mass is 16.5. The van der Waals surface area contributed by atoms with E-state index in [1.807, 2.05) is 36.7 Å². The van der Waals surface area contributed by atoms with Crippen LogP contribution in [0.3, 0.4) is 0 Å². The lowest BCUT2D eigenvalue weighted by atomic mass is 9.95. The Morgan fingerprint density at radius 2 is 1.88 bits per heavy atom. The van der Waals surface area contributed by atoms with Crippen molar-refractivity contribution in [3.63, 3.8) is 0 Å². The number of ether oxygens (including phenoxy) is 1. The van der Waals surface area contributed by atoms with E-state index in [2.05, 4.69) is 37.4 Å². The largest absolute Gasteiger partial charge is 0.379 e. The molecule has 0 saturated carbocycles. The molecule has 5 rings (SSSR count). The first-order valence-electron chi connectivity index (χ1n) is 11.9. The smallest absolute Gasteiger partial charge is 0.254 e. The number of morpholine rings is 1. The quantitative estimate of drug-likeness (QED) is 0.618. The van der Waals surface area contributed by atoms with E-state index in [0.717, 1.165) is 88.4 Å². The lowest BCUT2D eigenvalue weighted by Gasteiger charge is -2.28. The number of hydrogen-bond donors (Lipinski definition) is 0. The highest BCUT2D eigenvalue weighted by Gasteiger charge is 2.24. The fourth-order valence-corrected chi connectivity index (χ4v) is 5.08. The van der Waals surface area contributed by atoms with Crippen molar-refractivity contribution in [3.8, 4) is 0 Å². The minimum Gasteiger partial charge on any atom is -0.379 e. The topological polar surface area (TPSA) is 50.1 Å². The Hall–Kier alpha value is -2.70. The molecule has 0 spiro atoms. The monoisotopic (exact) mass is 432 g/mol. The van der Waals surface area contributed by atoms with Crippen molar-refractivity contribution in [2.24, 2.45) is 5.92 Å². The molecule has 2 fully saturated rings. The van der Waals surface area contributed by atoms with Gasteiger partial charge >= 0.3 is 0 Å². The van der Waals surface area contributed by atoms with Crippen LogP contribution < -0.4 is 0 Å². The SMILES string of the molecule is O=C(c1ccccc1CN1CCOCC1)N1CCCC(Cc2cccc3nccn23)CC1. The Morgan fingerprint density at radius 1 is 1.00 bits per heavy atom. The molecule has 0 aliphatic carbocycles. The Balaban J connectivity index is 1.24. The van der Waals surface area contributed by atoms with E-state index in [-0.39, 0.29) is 5.91 Å². The predicted molar refractivity (Wildman–Crippen MR) is 125 cm³/mol. The van der Waals surface area contributed by atoms with Gasteiger partial charge in [0.15, 0.2) is 0 Å². The van der Waals surface area contributed by atoms with Gasteiger partial charge in [-0.25, -0.2) is 4.98 Å². The number of amides is 1. The van der Waals surface area contributed by atoms with Crippen LogP contribution >= 0.6 is 0 Å². The molecule has 2 aliphatic rings. The van der Waals surface area contributed by atoms with Crippen LogP contribution in [0.15, 0.2) is 54.9 Å². The van der Waals surface area contributed by atoms with Crippen LogP contribution in [0.4, 0.5) is 0 Å². The number of benzene rings is 1. The molecule has 0 N–H and O–H groups in total. The van der Waals surface area contributed by atoms with Crippen LogP contribution in [0, 0.1) is 5.92 Å². The summed E-state index contributed by atoms with van der Waals surface area (Å²) in [5.74, 6) is 0.774. The van der Waals surface area contributed by atoms with Crippen molar-refractivity contribution in [2.45, 2.75) is 32.2 Å². The van der Waals surface area contributed by atoms with Crippen molar-refractivity contribution in [2.75, 3.05) is 39.4 Å². The third kappa shape index (κ3) is 4.71. The summed E-state index contributed by atoms with van der Waals surface area (Å²) >= 11 is 0. The molecule has 2 aliphatic heterocycles. The van der Waals surface area contributed by atoms with Crippen molar-refractivity contribution < 1.29 is 9.53 Å². The number of hydrogen-bond acceptors (Lipinski definition) is 4. The van der Waals surface area contributed by atoms with Gasteiger partial charge in [-0.2, -0.15) is 0 Å². The normalized spacial score (nSPS) is 20.4. The maximum atomic E-state index is 13.5. The molecular weight excluding hydrogens is 400 g/mol. The molecule has 0 bridgehead atoms. The summed E-state index contributed by atoms with van der Waals surface area (Å²) in [6.07, 6.45) is 8.20. The minimum absolute atomic E-state index is 0.186. The zero-order chi connectivity index (χ0) is 21.8. The van der Waals surface area contributed by atoms with Gasteiger partial charge in [-0.1, -0.05) is 24.3 Å². The first-order chi connectivity index (χ1) is 15.8. The van der Waals surface area contributed by atoms with Gasteiger partial charge in [0.1, 0.15) is 5.65 Å². The summed E-state index contributed by atoms with van der Waals surface area (Å²) in [6.45, 7) is 5.89. The van der Waals surface area contributed by atoms with Crippen LogP contribution in [0.25, 0.3) is 5.65 Å². The second kappa shape index (κ2) is 9.84. The van der Waals surface area contributed by atoms with Gasteiger partial charge < -0.3 is 14.0 Å². The number of likely N-dealkylation sites (tertiary alicyclic amines) is 1. The van der Waals surface area contributed by atoms with Crippen LogP contribution in [-0.2, 0) is 17.7 Å². The Kier molecular flexibility index (Phi) is 6.51. The molecule has 1 aromatic carbocycles. The van der Waals surface area contributed by atoms with Crippen LogP contribution in [0.2, 0.25) is 0 Å². The number of imidazole rings is 1. The predicted octanol–water partition coefficient (Wildman–Crippen LogP) is 3.65. The first-order valence-corrected chi connectivity index (χ1v) is 11.9. The summed E-state index contributed by atoms with van der Waals surface area (Å²) in [5, 5.41) is 0. The van der Waals surface area contributed by atoms with Gasteiger partial charge in [0.25, 0.3) is 5.91 Å². The molecule has 1 amide bonds. The van der Waals surface area contributed by atoms with Crippen LogP contribution in [-0.4, -0.2) is 64.5 Å². The van der Waals surface area contributed by atoms with Gasteiger partial charge in [-0.05, 0) is 55.4 Å². The molecule has 6 heteroatoms. The number of aromatic nitrogens is 2. The van der Waals surface area contributed by atoms with E-state index in [1.54, 1.807) is 0 Å². The molecule has 32 heavy (non-hydrogen) atoms. The van der Waals surface area contributed by atoms with Crippen LogP contribution in [0.1, 0.15) is 40.9 Å². The number of fused-ring (bicyclic) bond motifs is 1. The molecule has 2 aromatic heterocycles. The van der Waals surface area contributed by atoms with Gasteiger partial charge in [-0.15, -0.1) is 0 Å². The average molecular weight is 433 g/mol. The third-order valence-corrected chi connectivity index (χ3v) is 6.89. The van der Waals surface area contributed by atoms with Gasteiger partial charge in [0.05, 0.1) is 13.2 Å².